The molecule has 40 heavy (non-hydrogen) atoms. The van der Waals surface area contributed by atoms with Gasteiger partial charge in [-0.1, -0.05) is 0 Å². The zero-order chi connectivity index (χ0) is 28.5. The van der Waals surface area contributed by atoms with Gasteiger partial charge in [-0.05, 0) is 0 Å². The third kappa shape index (κ3) is 8.60. The van der Waals surface area contributed by atoms with Crippen LogP contribution in [0.25, 0.3) is 0 Å². The summed E-state index contributed by atoms with van der Waals surface area (Å²) >= 11 is -2.36. The fraction of sp³-hybridized carbons (Fsp3) is 0.500. The van der Waals surface area contributed by atoms with Crippen molar-refractivity contribution in [3.8, 4) is 0 Å². The monoisotopic (exact) mass is 600 g/mol. The van der Waals surface area contributed by atoms with Crippen LogP contribution >= 0.6 is 0 Å². The molecule has 0 amide bonds. The maximum atomic E-state index is 6.56. The van der Waals surface area contributed by atoms with Gasteiger partial charge < -0.3 is 0 Å². The first-order chi connectivity index (χ1) is 19.2. The molecule has 1 aliphatic rings. The molecule has 1 atom stereocenters. The predicted octanol–water partition coefficient (Wildman–Crippen LogP) is 9.82. The molecule has 2 nitrogen and oxygen atoms in total. The van der Waals surface area contributed by atoms with E-state index in [9.17, 15) is 0 Å². The number of benzene rings is 3. The topological polar surface area (TPSA) is 18.5 Å². The summed E-state index contributed by atoms with van der Waals surface area (Å²) in [4.78, 5) is 0. The van der Waals surface area contributed by atoms with Crippen molar-refractivity contribution >= 4 is 20.4 Å². The Bertz CT molecular complexity index is 1010. The molecule has 0 unspecified atom stereocenters. The summed E-state index contributed by atoms with van der Waals surface area (Å²) in [7, 11) is -0.0950. The first kappa shape index (κ1) is 31.1. The SMILES string of the molecule is C[C@@H](CB1OC(C)(C)C(C)(C)O1)[Ge]([CH2]CCc1ccccc1)([CH2]CCc1ccccc1)[CH2]CCc1ccccc1. The van der Waals surface area contributed by atoms with Crippen molar-refractivity contribution < 1.29 is 9.31 Å². The van der Waals surface area contributed by atoms with Crippen molar-refractivity contribution in [3.63, 3.8) is 0 Å². The molecule has 1 fully saturated rings. The van der Waals surface area contributed by atoms with E-state index in [0.29, 0.717) is 4.75 Å². The Balaban J connectivity index is 1.52. The molecule has 0 saturated carbocycles. The van der Waals surface area contributed by atoms with E-state index >= 15 is 0 Å². The zero-order valence-electron chi connectivity index (χ0n) is 25.7. The number of aryl methyl sites for hydroxylation is 3. The van der Waals surface area contributed by atoms with E-state index in [2.05, 4.69) is 126 Å². The van der Waals surface area contributed by atoms with Crippen LogP contribution in [0.2, 0.25) is 26.8 Å². The number of hydrogen-bond donors (Lipinski definition) is 0. The molecule has 4 rings (SSSR count). The van der Waals surface area contributed by atoms with Crippen LogP contribution in [0.5, 0.6) is 0 Å². The fourth-order valence-corrected chi connectivity index (χ4v) is 18.3. The van der Waals surface area contributed by atoms with Crippen LogP contribution in [0.4, 0.5) is 0 Å². The first-order valence-corrected chi connectivity index (χ1v) is 21.3. The van der Waals surface area contributed by atoms with Crippen LogP contribution in [0.15, 0.2) is 91.0 Å². The minimum absolute atomic E-state index is 0.0950. The summed E-state index contributed by atoms with van der Waals surface area (Å²) in [6.45, 7) is 11.3. The van der Waals surface area contributed by atoms with E-state index in [4.69, 9.17) is 9.31 Å². The number of rotatable bonds is 15. The van der Waals surface area contributed by atoms with Gasteiger partial charge in [-0.15, -0.1) is 0 Å². The van der Waals surface area contributed by atoms with Gasteiger partial charge in [0.25, 0.3) is 0 Å². The van der Waals surface area contributed by atoms with Gasteiger partial charge in [0.05, 0.1) is 0 Å². The standard InChI is InChI=1S/C36H51BGeO2/c1-31(30-37-39-35(2,3)36(4,5)40-37)38(27-15-24-32-18-9-6-10-19-32,28-16-25-33-20-11-7-12-21-33)29-17-26-34-22-13-8-14-23-34/h6-14,18-23,31H,15-17,24-30H2,1-5H3/t31-/m0/s1. The van der Waals surface area contributed by atoms with Gasteiger partial charge in [0, 0.05) is 0 Å². The second kappa shape index (κ2) is 14.4. The van der Waals surface area contributed by atoms with E-state index < -0.39 is 13.3 Å². The van der Waals surface area contributed by atoms with Crippen LogP contribution in [-0.2, 0) is 28.6 Å². The van der Waals surface area contributed by atoms with E-state index in [1.165, 1.54) is 71.0 Å². The predicted molar refractivity (Wildman–Crippen MR) is 175 cm³/mol. The average Bonchev–Trinajstić information content (AvgIpc) is 3.15. The van der Waals surface area contributed by atoms with Gasteiger partial charge in [-0.3, -0.25) is 0 Å². The molecule has 0 aliphatic carbocycles. The van der Waals surface area contributed by atoms with Crippen LogP contribution in [0.1, 0.15) is 70.6 Å². The van der Waals surface area contributed by atoms with Crippen LogP contribution in [0, 0.1) is 0 Å². The Morgan fingerprint density at radius 1 is 0.575 bits per heavy atom. The quantitative estimate of drug-likeness (QED) is 0.162. The van der Waals surface area contributed by atoms with Gasteiger partial charge in [0.2, 0.25) is 0 Å². The molecule has 3 aromatic carbocycles. The summed E-state index contributed by atoms with van der Waals surface area (Å²) in [5.74, 6) is 0. The molecular weight excluding hydrogens is 548 g/mol. The van der Waals surface area contributed by atoms with Crippen molar-refractivity contribution in [2.45, 2.75) is 111 Å². The van der Waals surface area contributed by atoms with Crippen molar-refractivity contribution in [2.24, 2.45) is 0 Å². The molecule has 0 radical (unpaired) electrons. The fourth-order valence-electron chi connectivity index (χ4n) is 6.58. The molecule has 0 N–H and O–H groups in total. The Morgan fingerprint density at radius 2 is 0.900 bits per heavy atom. The summed E-state index contributed by atoms with van der Waals surface area (Å²) in [6.07, 6.45) is 8.50. The summed E-state index contributed by atoms with van der Waals surface area (Å²) < 4.78 is 13.8. The van der Waals surface area contributed by atoms with Crippen LogP contribution in [-0.4, -0.2) is 31.6 Å². The van der Waals surface area contributed by atoms with Gasteiger partial charge in [0.15, 0.2) is 0 Å². The van der Waals surface area contributed by atoms with Crippen molar-refractivity contribution in [1.29, 1.82) is 0 Å². The third-order valence-electron chi connectivity index (χ3n) is 9.84. The molecule has 1 saturated heterocycles. The maximum absolute atomic E-state index is 6.56. The molecule has 0 bridgehead atoms. The molecule has 1 heterocycles. The summed E-state index contributed by atoms with van der Waals surface area (Å²) in [5.41, 5.74) is 3.91. The Hall–Kier alpha value is -1.81. The normalized spacial score (nSPS) is 17.2. The van der Waals surface area contributed by atoms with Crippen molar-refractivity contribution in [3.05, 3.63) is 108 Å². The van der Waals surface area contributed by atoms with E-state index in [-0.39, 0.29) is 18.3 Å². The Morgan fingerprint density at radius 3 is 1.23 bits per heavy atom. The zero-order valence-corrected chi connectivity index (χ0v) is 27.8. The third-order valence-corrected chi connectivity index (χ3v) is 23.2. The van der Waals surface area contributed by atoms with Crippen molar-refractivity contribution in [1.82, 2.24) is 0 Å². The molecular formula is C36H51BGeO2. The second-order valence-corrected chi connectivity index (χ2v) is 24.1. The molecule has 214 valence electrons. The molecule has 0 spiro atoms. The van der Waals surface area contributed by atoms with Gasteiger partial charge in [-0.25, -0.2) is 0 Å². The molecule has 4 heteroatoms. The van der Waals surface area contributed by atoms with Crippen LogP contribution < -0.4 is 0 Å². The van der Waals surface area contributed by atoms with Crippen molar-refractivity contribution in [2.75, 3.05) is 0 Å². The van der Waals surface area contributed by atoms with Gasteiger partial charge in [0.1, 0.15) is 0 Å². The van der Waals surface area contributed by atoms with Gasteiger partial charge >= 0.3 is 249 Å². The van der Waals surface area contributed by atoms with E-state index in [0.717, 1.165) is 6.32 Å². The number of hydrogen-bond acceptors (Lipinski definition) is 2. The van der Waals surface area contributed by atoms with Gasteiger partial charge in [-0.2, -0.15) is 0 Å². The summed E-state index contributed by atoms with van der Waals surface area (Å²) in [6, 6.07) is 33.3. The Kier molecular flexibility index (Phi) is 11.2. The van der Waals surface area contributed by atoms with Crippen LogP contribution in [0.3, 0.4) is 0 Å². The molecule has 0 aromatic heterocycles. The van der Waals surface area contributed by atoms with E-state index in [1.807, 2.05) is 0 Å². The second-order valence-electron chi connectivity index (χ2n) is 13.2. The van der Waals surface area contributed by atoms with E-state index in [1.54, 1.807) is 0 Å². The minimum atomic E-state index is -2.36. The summed E-state index contributed by atoms with van der Waals surface area (Å²) in [5, 5.41) is 4.29. The molecule has 1 aliphatic heterocycles. The molecule has 3 aromatic rings. The Labute approximate surface area is 247 Å². The average molecular weight is 599 g/mol. The first-order valence-electron chi connectivity index (χ1n) is 15.7.